The van der Waals surface area contributed by atoms with Gasteiger partial charge in [-0.1, -0.05) is 152 Å². The molecule has 7 aromatic carbocycles. The van der Waals surface area contributed by atoms with Gasteiger partial charge in [-0.25, -0.2) is 24.9 Å². The van der Waals surface area contributed by atoms with Crippen LogP contribution in [-0.4, -0.2) is 24.9 Å². The molecule has 0 bridgehead atoms. The fourth-order valence-electron chi connectivity index (χ4n) is 7.45. The molecule has 0 radical (unpaired) electrons. The second kappa shape index (κ2) is 13.4. The Bertz CT molecular complexity index is 3170. The van der Waals surface area contributed by atoms with Crippen LogP contribution in [0.25, 0.3) is 108 Å². The van der Waals surface area contributed by atoms with Crippen molar-refractivity contribution in [1.29, 1.82) is 0 Å². The van der Waals surface area contributed by atoms with Crippen LogP contribution in [-0.2, 0) is 0 Å². The van der Waals surface area contributed by atoms with Crippen LogP contribution >= 0.6 is 22.7 Å². The average Bonchev–Trinajstić information content (AvgIpc) is 3.85. The molecule has 0 aliphatic rings. The molecule has 11 rings (SSSR count). The van der Waals surface area contributed by atoms with Crippen LogP contribution in [0.2, 0.25) is 0 Å². The number of fused-ring (bicyclic) bond motifs is 6. The first kappa shape index (κ1) is 32.5. The van der Waals surface area contributed by atoms with E-state index in [2.05, 4.69) is 109 Å². The molecule has 0 amide bonds. The minimum Gasteiger partial charge on any atom is -0.226 e. The van der Waals surface area contributed by atoms with Gasteiger partial charge in [-0.2, -0.15) is 0 Å². The number of thiophene rings is 2. The molecule has 0 aliphatic heterocycles. The molecule has 56 heavy (non-hydrogen) atoms. The topological polar surface area (TPSA) is 64.5 Å². The van der Waals surface area contributed by atoms with Crippen LogP contribution in [0.1, 0.15) is 0 Å². The summed E-state index contributed by atoms with van der Waals surface area (Å²) < 4.78 is 4.63. The second-order valence-electron chi connectivity index (χ2n) is 13.6. The minimum absolute atomic E-state index is 0.642. The predicted molar refractivity (Wildman–Crippen MR) is 234 cm³/mol. The molecule has 5 nitrogen and oxygen atoms in total. The summed E-state index contributed by atoms with van der Waals surface area (Å²) in [4.78, 5) is 25.8. The number of hydrogen-bond acceptors (Lipinski definition) is 7. The lowest BCUT2D eigenvalue weighted by Crippen LogP contribution is -2.00. The lowest BCUT2D eigenvalue weighted by Gasteiger charge is -2.10. The molecule has 4 aromatic heterocycles. The van der Waals surface area contributed by atoms with Crippen molar-refractivity contribution in [3.05, 3.63) is 176 Å². The Balaban J connectivity index is 1.11. The molecule has 7 heteroatoms. The summed E-state index contributed by atoms with van der Waals surface area (Å²) in [5.74, 6) is 2.63. The van der Waals surface area contributed by atoms with Crippen molar-refractivity contribution >= 4 is 63.1 Å². The van der Waals surface area contributed by atoms with Crippen LogP contribution in [0, 0.1) is 0 Å². The maximum atomic E-state index is 5.35. The molecule has 0 atom stereocenters. The van der Waals surface area contributed by atoms with Crippen LogP contribution in [0.3, 0.4) is 0 Å². The third kappa shape index (κ3) is 5.64. The van der Waals surface area contributed by atoms with Crippen molar-refractivity contribution in [1.82, 2.24) is 24.9 Å². The fraction of sp³-hybridized carbons (Fsp3) is 0. The summed E-state index contributed by atoms with van der Waals surface area (Å²) in [6.07, 6.45) is 0. The van der Waals surface area contributed by atoms with Crippen molar-refractivity contribution in [3.63, 3.8) is 0 Å². The van der Waals surface area contributed by atoms with E-state index in [-0.39, 0.29) is 0 Å². The van der Waals surface area contributed by atoms with Gasteiger partial charge >= 0.3 is 0 Å². The van der Waals surface area contributed by atoms with E-state index in [1.54, 1.807) is 22.7 Å². The normalized spacial score (nSPS) is 11.6. The van der Waals surface area contributed by atoms with E-state index in [0.717, 1.165) is 65.4 Å². The van der Waals surface area contributed by atoms with Gasteiger partial charge in [0.05, 0.1) is 15.9 Å². The standard InChI is InChI=1S/C49H29N5S2/c1-4-13-30(14-5-1)31-23-25-34(26-24-31)46-50-43(45-44(51-46)36-19-10-11-21-39(36)56-45)35-27-28-40-38(29-35)42-37(20-12-22-41(42)55-40)49-53-47(32-15-6-2-7-16-32)52-48(54-49)33-17-8-3-9-18-33/h1-29H. The van der Waals surface area contributed by atoms with Gasteiger partial charge in [0, 0.05) is 58.1 Å². The van der Waals surface area contributed by atoms with E-state index in [1.165, 1.54) is 19.7 Å². The largest absolute Gasteiger partial charge is 0.226 e. The zero-order valence-corrected chi connectivity index (χ0v) is 31.4. The molecule has 0 aliphatic carbocycles. The van der Waals surface area contributed by atoms with Gasteiger partial charge in [0.1, 0.15) is 0 Å². The Labute approximate surface area is 330 Å². The third-order valence-electron chi connectivity index (χ3n) is 10.2. The summed E-state index contributed by atoms with van der Waals surface area (Å²) in [5, 5.41) is 3.40. The summed E-state index contributed by atoms with van der Waals surface area (Å²) >= 11 is 3.53. The lowest BCUT2D eigenvalue weighted by atomic mass is 10.0. The van der Waals surface area contributed by atoms with Gasteiger partial charge in [0.25, 0.3) is 0 Å². The van der Waals surface area contributed by atoms with E-state index in [4.69, 9.17) is 24.9 Å². The monoisotopic (exact) mass is 751 g/mol. The molecular weight excluding hydrogens is 723 g/mol. The minimum atomic E-state index is 0.642. The Kier molecular flexibility index (Phi) is 7.79. The van der Waals surface area contributed by atoms with Gasteiger partial charge in [-0.15, -0.1) is 22.7 Å². The summed E-state index contributed by atoms with van der Waals surface area (Å²) in [5.41, 5.74) is 9.11. The van der Waals surface area contributed by atoms with Crippen molar-refractivity contribution < 1.29 is 0 Å². The lowest BCUT2D eigenvalue weighted by molar-refractivity contribution is 1.08. The van der Waals surface area contributed by atoms with E-state index in [0.29, 0.717) is 23.3 Å². The molecule has 0 spiro atoms. The van der Waals surface area contributed by atoms with Gasteiger partial charge in [0.15, 0.2) is 23.3 Å². The number of benzene rings is 7. The molecule has 262 valence electrons. The summed E-state index contributed by atoms with van der Waals surface area (Å²) in [6.45, 7) is 0. The van der Waals surface area contributed by atoms with E-state index < -0.39 is 0 Å². The van der Waals surface area contributed by atoms with Crippen molar-refractivity contribution in [2.45, 2.75) is 0 Å². The third-order valence-corrected chi connectivity index (χ3v) is 12.5. The quantitative estimate of drug-likeness (QED) is 0.169. The molecule has 0 saturated carbocycles. The highest BCUT2D eigenvalue weighted by atomic mass is 32.1. The molecule has 0 fully saturated rings. The molecule has 0 N–H and O–H groups in total. The van der Waals surface area contributed by atoms with E-state index in [1.807, 2.05) is 66.7 Å². The van der Waals surface area contributed by atoms with Gasteiger partial charge in [-0.3, -0.25) is 0 Å². The average molecular weight is 752 g/mol. The van der Waals surface area contributed by atoms with Crippen LogP contribution in [0.5, 0.6) is 0 Å². The number of aromatic nitrogens is 5. The highest BCUT2D eigenvalue weighted by Gasteiger charge is 2.20. The number of hydrogen-bond donors (Lipinski definition) is 0. The van der Waals surface area contributed by atoms with Gasteiger partial charge in [0.2, 0.25) is 0 Å². The number of rotatable bonds is 6. The van der Waals surface area contributed by atoms with Gasteiger partial charge < -0.3 is 0 Å². The van der Waals surface area contributed by atoms with Crippen LogP contribution in [0.15, 0.2) is 176 Å². The Morgan fingerprint density at radius 1 is 0.321 bits per heavy atom. The van der Waals surface area contributed by atoms with Crippen molar-refractivity contribution in [2.75, 3.05) is 0 Å². The summed E-state index contributed by atoms with van der Waals surface area (Å²) in [6, 6.07) is 60.9. The Morgan fingerprint density at radius 3 is 1.55 bits per heavy atom. The van der Waals surface area contributed by atoms with E-state index >= 15 is 0 Å². The molecule has 0 unspecified atom stereocenters. The second-order valence-corrected chi connectivity index (χ2v) is 15.8. The van der Waals surface area contributed by atoms with Crippen molar-refractivity contribution in [3.8, 4) is 67.9 Å². The first-order valence-corrected chi connectivity index (χ1v) is 20.0. The van der Waals surface area contributed by atoms with Crippen LogP contribution in [0.4, 0.5) is 0 Å². The smallest absolute Gasteiger partial charge is 0.164 e. The summed E-state index contributed by atoms with van der Waals surface area (Å²) in [7, 11) is 0. The highest BCUT2D eigenvalue weighted by Crippen LogP contribution is 2.44. The Hall–Kier alpha value is -6.93. The Morgan fingerprint density at radius 2 is 0.839 bits per heavy atom. The van der Waals surface area contributed by atoms with Gasteiger partial charge in [-0.05, 0) is 35.4 Å². The maximum absolute atomic E-state index is 5.35. The van der Waals surface area contributed by atoms with Crippen molar-refractivity contribution in [2.24, 2.45) is 0 Å². The molecule has 4 heterocycles. The first-order valence-electron chi connectivity index (χ1n) is 18.4. The number of nitrogens with zero attached hydrogens (tertiary/aromatic N) is 5. The fourth-order valence-corrected chi connectivity index (χ4v) is 9.71. The maximum Gasteiger partial charge on any atom is 0.164 e. The molecule has 11 aromatic rings. The molecular formula is C49H29N5S2. The predicted octanol–water partition coefficient (Wildman–Crippen LogP) is 13.4. The van der Waals surface area contributed by atoms with Crippen LogP contribution < -0.4 is 0 Å². The zero-order valence-electron chi connectivity index (χ0n) is 29.8. The first-order chi connectivity index (χ1) is 27.7. The molecule has 0 saturated heterocycles. The highest BCUT2D eigenvalue weighted by molar-refractivity contribution is 7.26. The zero-order chi connectivity index (χ0) is 37.0. The van der Waals surface area contributed by atoms with E-state index in [9.17, 15) is 0 Å². The SMILES string of the molecule is c1ccc(-c2ccc(-c3nc(-c4ccc5sc6cccc(-c7nc(-c8ccccc8)nc(-c8ccccc8)n7)c6c5c4)c4sc5ccccc5c4n3)cc2)cc1.